The van der Waals surface area contributed by atoms with Gasteiger partial charge < -0.3 is 5.73 Å². The van der Waals surface area contributed by atoms with Crippen LogP contribution in [-0.2, 0) is 16.4 Å². The second-order valence-electron chi connectivity index (χ2n) is 3.45. The second kappa shape index (κ2) is 5.91. The minimum absolute atomic E-state index is 0.159. The number of benzene rings is 1. The number of halogens is 1. The van der Waals surface area contributed by atoms with Crippen LogP contribution in [-0.4, -0.2) is 26.2 Å². The third-order valence-electron chi connectivity index (χ3n) is 1.94. The Morgan fingerprint density at radius 1 is 1.44 bits per heavy atom. The zero-order valence-electron chi connectivity index (χ0n) is 8.94. The lowest BCUT2D eigenvalue weighted by molar-refractivity contribution is 0.603. The Balaban J connectivity index is 2.61. The fourth-order valence-corrected chi connectivity index (χ4v) is 3.58. The van der Waals surface area contributed by atoms with E-state index in [1.807, 2.05) is 18.2 Å². The Labute approximate surface area is 105 Å². The van der Waals surface area contributed by atoms with E-state index in [-0.39, 0.29) is 5.75 Å². The molecule has 0 amide bonds. The van der Waals surface area contributed by atoms with Crippen LogP contribution in [0, 0.1) is 0 Å². The van der Waals surface area contributed by atoms with Crippen LogP contribution < -0.4 is 5.73 Å². The van der Waals surface area contributed by atoms with Crippen molar-refractivity contribution in [1.29, 1.82) is 0 Å². The zero-order valence-corrected chi connectivity index (χ0v) is 11.3. The summed E-state index contributed by atoms with van der Waals surface area (Å²) in [4.78, 5) is 0.891. The van der Waals surface area contributed by atoms with Crippen molar-refractivity contribution in [3.8, 4) is 0 Å². The molecule has 90 valence electrons. The summed E-state index contributed by atoms with van der Waals surface area (Å²) in [5.74, 6) is 0.674. The van der Waals surface area contributed by atoms with Crippen LogP contribution in [0.1, 0.15) is 5.56 Å². The van der Waals surface area contributed by atoms with E-state index >= 15 is 0 Å². The first kappa shape index (κ1) is 13.8. The molecule has 0 atom stereocenters. The van der Waals surface area contributed by atoms with Crippen molar-refractivity contribution in [3.63, 3.8) is 0 Å². The molecule has 6 heteroatoms. The normalized spacial score (nSPS) is 11.7. The highest BCUT2D eigenvalue weighted by atomic mass is 35.5. The van der Waals surface area contributed by atoms with Crippen molar-refractivity contribution < 1.29 is 8.42 Å². The summed E-state index contributed by atoms with van der Waals surface area (Å²) in [6, 6.07) is 5.58. The average molecular weight is 280 g/mol. The quantitative estimate of drug-likeness (QED) is 0.837. The van der Waals surface area contributed by atoms with Crippen LogP contribution in [0.15, 0.2) is 23.1 Å². The lowest BCUT2D eigenvalue weighted by atomic mass is 10.2. The summed E-state index contributed by atoms with van der Waals surface area (Å²) in [5, 5.41) is 0.626. The maximum Gasteiger partial charge on any atom is 0.148 e. The van der Waals surface area contributed by atoms with Gasteiger partial charge in [0.1, 0.15) is 9.84 Å². The summed E-state index contributed by atoms with van der Waals surface area (Å²) in [7, 11) is -2.90. The Hall–Kier alpha value is -0.230. The Bertz CT molecular complexity index is 460. The Kier molecular flexibility index (Phi) is 5.11. The zero-order chi connectivity index (χ0) is 12.2. The molecule has 3 nitrogen and oxygen atoms in total. The SMILES string of the molecule is CS(=O)(=O)CCSc1ccc(CN)cc1Cl. The van der Waals surface area contributed by atoms with E-state index in [0.717, 1.165) is 10.5 Å². The number of thioether (sulfide) groups is 1. The smallest absolute Gasteiger partial charge is 0.148 e. The molecular formula is C10H14ClNO2S2. The summed E-state index contributed by atoms with van der Waals surface area (Å²) < 4.78 is 21.9. The molecule has 0 aliphatic carbocycles. The molecule has 0 radical (unpaired) electrons. The van der Waals surface area contributed by atoms with Gasteiger partial charge in [-0.2, -0.15) is 0 Å². The van der Waals surface area contributed by atoms with Gasteiger partial charge in [0.2, 0.25) is 0 Å². The van der Waals surface area contributed by atoms with Crippen LogP contribution >= 0.6 is 23.4 Å². The highest BCUT2D eigenvalue weighted by Crippen LogP contribution is 2.27. The topological polar surface area (TPSA) is 60.2 Å². The van der Waals surface area contributed by atoms with Gasteiger partial charge in [-0.15, -0.1) is 11.8 Å². The van der Waals surface area contributed by atoms with E-state index in [9.17, 15) is 8.42 Å². The standard InChI is InChI=1S/C10H14ClNO2S2/c1-16(13,14)5-4-15-10-3-2-8(7-12)6-9(10)11/h2-3,6H,4-5,7,12H2,1H3. The maximum atomic E-state index is 10.9. The lowest BCUT2D eigenvalue weighted by Crippen LogP contribution is -2.05. The molecule has 0 saturated heterocycles. The summed E-state index contributed by atoms with van der Waals surface area (Å²) in [5.41, 5.74) is 6.45. The molecule has 0 fully saturated rings. The van der Waals surface area contributed by atoms with E-state index in [1.165, 1.54) is 18.0 Å². The predicted octanol–water partition coefficient (Wildman–Crippen LogP) is 1.94. The fraction of sp³-hybridized carbons (Fsp3) is 0.400. The van der Waals surface area contributed by atoms with Gasteiger partial charge in [0.25, 0.3) is 0 Å². The third kappa shape index (κ3) is 4.74. The van der Waals surface area contributed by atoms with Crippen molar-refractivity contribution in [2.75, 3.05) is 17.8 Å². The predicted molar refractivity (Wildman–Crippen MR) is 69.8 cm³/mol. The van der Waals surface area contributed by atoms with E-state index < -0.39 is 9.84 Å². The molecule has 1 rings (SSSR count). The summed E-state index contributed by atoms with van der Waals surface area (Å²) in [6.45, 7) is 0.452. The van der Waals surface area contributed by atoms with Crippen LogP contribution in [0.3, 0.4) is 0 Å². The van der Waals surface area contributed by atoms with E-state index in [4.69, 9.17) is 17.3 Å². The van der Waals surface area contributed by atoms with Gasteiger partial charge in [-0.05, 0) is 17.7 Å². The van der Waals surface area contributed by atoms with E-state index in [0.29, 0.717) is 17.3 Å². The van der Waals surface area contributed by atoms with Gasteiger partial charge in [0, 0.05) is 23.4 Å². The van der Waals surface area contributed by atoms with Crippen molar-refractivity contribution in [2.24, 2.45) is 5.73 Å². The monoisotopic (exact) mass is 279 g/mol. The molecule has 0 aliphatic heterocycles. The van der Waals surface area contributed by atoms with E-state index in [2.05, 4.69) is 0 Å². The molecular weight excluding hydrogens is 266 g/mol. The van der Waals surface area contributed by atoms with Crippen LogP contribution in [0.5, 0.6) is 0 Å². The fourth-order valence-electron chi connectivity index (χ4n) is 1.09. The minimum atomic E-state index is -2.90. The van der Waals surface area contributed by atoms with Gasteiger partial charge in [-0.3, -0.25) is 0 Å². The Morgan fingerprint density at radius 2 is 2.12 bits per heavy atom. The van der Waals surface area contributed by atoms with Crippen molar-refractivity contribution in [1.82, 2.24) is 0 Å². The lowest BCUT2D eigenvalue weighted by Gasteiger charge is -2.05. The molecule has 1 aromatic carbocycles. The van der Waals surface area contributed by atoms with Gasteiger partial charge in [-0.25, -0.2) is 8.42 Å². The van der Waals surface area contributed by atoms with Gasteiger partial charge in [0.05, 0.1) is 10.8 Å². The molecule has 0 heterocycles. The van der Waals surface area contributed by atoms with Crippen LogP contribution in [0.4, 0.5) is 0 Å². The number of nitrogens with two attached hydrogens (primary N) is 1. The minimum Gasteiger partial charge on any atom is -0.326 e. The molecule has 0 aromatic heterocycles. The van der Waals surface area contributed by atoms with Crippen LogP contribution in [0.25, 0.3) is 0 Å². The summed E-state index contributed by atoms with van der Waals surface area (Å²) in [6.07, 6.45) is 1.23. The first-order valence-electron chi connectivity index (χ1n) is 4.71. The van der Waals surface area contributed by atoms with Crippen molar-refractivity contribution in [3.05, 3.63) is 28.8 Å². The molecule has 0 saturated carbocycles. The highest BCUT2D eigenvalue weighted by Gasteiger charge is 2.05. The Morgan fingerprint density at radius 3 is 2.62 bits per heavy atom. The largest absolute Gasteiger partial charge is 0.326 e. The molecule has 0 spiro atoms. The average Bonchev–Trinajstić information content (AvgIpc) is 2.18. The maximum absolute atomic E-state index is 10.9. The molecule has 0 bridgehead atoms. The highest BCUT2D eigenvalue weighted by molar-refractivity contribution is 8.00. The van der Waals surface area contributed by atoms with Crippen molar-refractivity contribution in [2.45, 2.75) is 11.4 Å². The first-order valence-corrected chi connectivity index (χ1v) is 8.14. The number of rotatable bonds is 5. The van der Waals surface area contributed by atoms with Gasteiger partial charge in [0.15, 0.2) is 0 Å². The van der Waals surface area contributed by atoms with Gasteiger partial charge in [-0.1, -0.05) is 17.7 Å². The number of hydrogen-bond donors (Lipinski definition) is 1. The third-order valence-corrected chi connectivity index (χ3v) is 4.65. The van der Waals surface area contributed by atoms with Crippen LogP contribution in [0.2, 0.25) is 5.02 Å². The van der Waals surface area contributed by atoms with Crippen molar-refractivity contribution >= 4 is 33.2 Å². The molecule has 2 N–H and O–H groups in total. The number of sulfone groups is 1. The molecule has 0 aliphatic rings. The first-order chi connectivity index (χ1) is 7.42. The summed E-state index contributed by atoms with van der Waals surface area (Å²) >= 11 is 7.47. The van der Waals surface area contributed by atoms with E-state index in [1.54, 1.807) is 0 Å². The second-order valence-corrected chi connectivity index (χ2v) is 7.25. The molecule has 16 heavy (non-hydrogen) atoms. The van der Waals surface area contributed by atoms with Gasteiger partial charge >= 0.3 is 0 Å². The molecule has 1 aromatic rings. The number of hydrogen-bond acceptors (Lipinski definition) is 4. The molecule has 0 unspecified atom stereocenters.